The van der Waals surface area contributed by atoms with Crippen LogP contribution in [-0.2, 0) is 4.74 Å². The van der Waals surface area contributed by atoms with E-state index >= 15 is 0 Å². The molecule has 1 amide bonds. The van der Waals surface area contributed by atoms with E-state index in [1.165, 1.54) is 0 Å². The minimum Gasteiger partial charge on any atom is -0.386 e. The van der Waals surface area contributed by atoms with Crippen LogP contribution in [0.4, 0.5) is 5.13 Å². The van der Waals surface area contributed by atoms with Crippen molar-refractivity contribution in [3.05, 3.63) is 10.6 Å². The number of thiazole rings is 1. The normalized spacial score (nSPS) is 23.9. The number of nitrogens with one attached hydrogen (secondary N) is 1. The third-order valence-electron chi connectivity index (χ3n) is 2.68. The molecule has 17 heavy (non-hydrogen) atoms. The molecule has 0 aromatic carbocycles. The zero-order chi connectivity index (χ0) is 12.5. The summed E-state index contributed by atoms with van der Waals surface area (Å²) in [5.41, 5.74) is 5.19. The smallest absolute Gasteiger partial charge is 0.263 e. The molecule has 94 valence electrons. The van der Waals surface area contributed by atoms with Crippen molar-refractivity contribution in [2.45, 2.75) is 18.9 Å². The number of nitrogen functional groups attached to an aromatic ring is 1. The van der Waals surface area contributed by atoms with E-state index in [0.717, 1.165) is 11.3 Å². The van der Waals surface area contributed by atoms with E-state index in [4.69, 9.17) is 10.5 Å². The number of aromatic nitrogens is 1. The highest BCUT2D eigenvalue weighted by molar-refractivity contribution is 7.17. The average molecular weight is 257 g/mol. The molecule has 0 saturated carbocycles. The van der Waals surface area contributed by atoms with Crippen LogP contribution in [0.5, 0.6) is 0 Å². The number of nitrogens with two attached hydrogens (primary N) is 1. The topological polar surface area (TPSA) is 97.5 Å². The fourth-order valence-corrected chi connectivity index (χ4v) is 2.44. The Morgan fingerprint density at radius 2 is 2.53 bits per heavy atom. The van der Waals surface area contributed by atoms with Crippen molar-refractivity contribution in [1.29, 1.82) is 0 Å². The fraction of sp³-hybridized carbons (Fsp3) is 0.600. The molecule has 2 rings (SSSR count). The van der Waals surface area contributed by atoms with Gasteiger partial charge in [0.1, 0.15) is 10.5 Å². The quantitative estimate of drug-likeness (QED) is 0.703. The minimum absolute atomic E-state index is 0.184. The summed E-state index contributed by atoms with van der Waals surface area (Å²) in [4.78, 5) is 16.3. The Balaban J connectivity index is 1.95. The van der Waals surface area contributed by atoms with Crippen LogP contribution in [0.25, 0.3) is 0 Å². The highest BCUT2D eigenvalue weighted by Crippen LogP contribution is 2.20. The number of anilines is 1. The molecule has 0 spiro atoms. The molecular weight excluding hydrogens is 242 g/mol. The summed E-state index contributed by atoms with van der Waals surface area (Å²) >= 11 is 1.15. The number of aliphatic hydroxyl groups is 1. The van der Waals surface area contributed by atoms with Gasteiger partial charge >= 0.3 is 0 Å². The summed E-state index contributed by atoms with van der Waals surface area (Å²) in [6, 6.07) is 0. The standard InChI is InChI=1S/C10H15N3O3S/c1-6-7(17-9(11)13-6)8(14)12-4-10(15)2-3-16-5-10/h15H,2-5H2,1H3,(H2,11,13)(H,12,14). The van der Waals surface area contributed by atoms with Gasteiger partial charge in [-0.2, -0.15) is 0 Å². The highest BCUT2D eigenvalue weighted by atomic mass is 32.1. The third-order valence-corrected chi connectivity index (χ3v) is 3.67. The first kappa shape index (κ1) is 12.3. The Bertz CT molecular complexity index is 426. The number of carbonyl (C=O) groups is 1. The van der Waals surface area contributed by atoms with Crippen LogP contribution in [0.15, 0.2) is 0 Å². The summed E-state index contributed by atoms with van der Waals surface area (Å²) in [5.74, 6) is -0.253. The fourth-order valence-electron chi connectivity index (χ4n) is 1.69. The van der Waals surface area contributed by atoms with Crippen LogP contribution in [0.3, 0.4) is 0 Å². The van der Waals surface area contributed by atoms with E-state index in [1.54, 1.807) is 6.92 Å². The number of hydrogen-bond acceptors (Lipinski definition) is 6. The van der Waals surface area contributed by atoms with Crippen molar-refractivity contribution in [3.8, 4) is 0 Å². The lowest BCUT2D eigenvalue weighted by Crippen LogP contribution is -2.43. The van der Waals surface area contributed by atoms with Gasteiger partial charge < -0.3 is 20.9 Å². The molecule has 0 aliphatic carbocycles. The molecule has 1 fully saturated rings. The molecule has 1 unspecified atom stereocenters. The van der Waals surface area contributed by atoms with Crippen LogP contribution in [-0.4, -0.2) is 41.4 Å². The Hall–Kier alpha value is -1.18. The lowest BCUT2D eigenvalue weighted by Gasteiger charge is -2.20. The zero-order valence-electron chi connectivity index (χ0n) is 9.52. The van der Waals surface area contributed by atoms with E-state index in [-0.39, 0.29) is 19.1 Å². The second-order valence-electron chi connectivity index (χ2n) is 4.18. The molecular formula is C10H15N3O3S. The Kier molecular flexibility index (Phi) is 3.32. The summed E-state index contributed by atoms with van der Waals surface area (Å²) < 4.78 is 5.09. The first-order chi connectivity index (χ1) is 8.00. The molecule has 0 bridgehead atoms. The maximum Gasteiger partial charge on any atom is 0.263 e. The maximum atomic E-state index is 11.8. The van der Waals surface area contributed by atoms with E-state index in [1.807, 2.05) is 0 Å². The predicted molar refractivity (Wildman–Crippen MR) is 64.0 cm³/mol. The van der Waals surface area contributed by atoms with E-state index < -0.39 is 5.60 Å². The molecule has 1 aromatic rings. The number of aryl methyl sites for hydroxylation is 1. The van der Waals surface area contributed by atoms with Crippen molar-refractivity contribution >= 4 is 22.4 Å². The minimum atomic E-state index is -0.945. The molecule has 1 aliphatic rings. The highest BCUT2D eigenvalue weighted by Gasteiger charge is 2.32. The number of hydrogen-bond donors (Lipinski definition) is 3. The first-order valence-electron chi connectivity index (χ1n) is 5.31. The van der Waals surface area contributed by atoms with Gasteiger partial charge in [0.2, 0.25) is 0 Å². The van der Waals surface area contributed by atoms with Crippen LogP contribution < -0.4 is 11.1 Å². The lowest BCUT2D eigenvalue weighted by atomic mass is 10.0. The van der Waals surface area contributed by atoms with Crippen molar-refractivity contribution in [1.82, 2.24) is 10.3 Å². The molecule has 1 aromatic heterocycles. The van der Waals surface area contributed by atoms with E-state index in [9.17, 15) is 9.90 Å². The van der Waals surface area contributed by atoms with Crippen LogP contribution in [0, 0.1) is 6.92 Å². The van der Waals surface area contributed by atoms with Crippen molar-refractivity contribution in [2.24, 2.45) is 0 Å². The van der Waals surface area contributed by atoms with E-state index in [0.29, 0.717) is 28.7 Å². The molecule has 0 radical (unpaired) electrons. The van der Waals surface area contributed by atoms with Crippen LogP contribution >= 0.6 is 11.3 Å². The second kappa shape index (κ2) is 4.59. The Morgan fingerprint density at radius 1 is 1.76 bits per heavy atom. The van der Waals surface area contributed by atoms with Gasteiger partial charge in [-0.1, -0.05) is 11.3 Å². The Morgan fingerprint density at radius 3 is 3.06 bits per heavy atom. The monoisotopic (exact) mass is 257 g/mol. The zero-order valence-corrected chi connectivity index (χ0v) is 10.3. The van der Waals surface area contributed by atoms with Crippen LogP contribution in [0.1, 0.15) is 21.8 Å². The maximum absolute atomic E-state index is 11.8. The molecule has 6 nitrogen and oxygen atoms in total. The molecule has 1 aliphatic heterocycles. The number of amides is 1. The number of ether oxygens (including phenoxy) is 1. The van der Waals surface area contributed by atoms with Gasteiger partial charge in [0.15, 0.2) is 5.13 Å². The van der Waals surface area contributed by atoms with Gasteiger partial charge in [-0.15, -0.1) is 0 Å². The first-order valence-corrected chi connectivity index (χ1v) is 6.13. The van der Waals surface area contributed by atoms with E-state index in [2.05, 4.69) is 10.3 Å². The number of rotatable bonds is 3. The molecule has 1 saturated heterocycles. The van der Waals surface area contributed by atoms with Gasteiger partial charge in [0.05, 0.1) is 12.3 Å². The molecule has 1 atom stereocenters. The summed E-state index contributed by atoms with van der Waals surface area (Å²) in [5, 5.41) is 13.0. The summed E-state index contributed by atoms with van der Waals surface area (Å²) in [6.45, 7) is 2.70. The van der Waals surface area contributed by atoms with Crippen molar-refractivity contribution in [2.75, 3.05) is 25.5 Å². The van der Waals surface area contributed by atoms with Gasteiger partial charge in [-0.25, -0.2) is 4.98 Å². The number of carbonyl (C=O) groups excluding carboxylic acids is 1. The van der Waals surface area contributed by atoms with Crippen molar-refractivity contribution < 1.29 is 14.6 Å². The van der Waals surface area contributed by atoms with Gasteiger partial charge in [0.25, 0.3) is 5.91 Å². The van der Waals surface area contributed by atoms with Crippen LogP contribution in [0.2, 0.25) is 0 Å². The second-order valence-corrected chi connectivity index (χ2v) is 5.21. The van der Waals surface area contributed by atoms with Gasteiger partial charge in [-0.05, 0) is 6.92 Å². The average Bonchev–Trinajstić information content (AvgIpc) is 2.83. The largest absolute Gasteiger partial charge is 0.386 e. The van der Waals surface area contributed by atoms with Gasteiger partial charge in [-0.3, -0.25) is 4.79 Å². The number of nitrogens with zero attached hydrogens (tertiary/aromatic N) is 1. The molecule has 7 heteroatoms. The lowest BCUT2D eigenvalue weighted by molar-refractivity contribution is 0.0265. The third kappa shape index (κ3) is 2.74. The summed E-state index contributed by atoms with van der Waals surface area (Å²) in [6.07, 6.45) is 0.539. The van der Waals surface area contributed by atoms with Crippen molar-refractivity contribution in [3.63, 3.8) is 0 Å². The molecule has 4 N–H and O–H groups in total. The predicted octanol–water partition coefficient (Wildman–Crippen LogP) is -0.0851. The summed E-state index contributed by atoms with van der Waals surface area (Å²) in [7, 11) is 0. The molecule has 2 heterocycles. The Labute approximate surface area is 103 Å². The van der Waals surface area contributed by atoms with Gasteiger partial charge in [0, 0.05) is 19.6 Å². The SMILES string of the molecule is Cc1nc(N)sc1C(=O)NCC1(O)CCOC1.